The number of nitrogens with one attached hydrogen (secondary N) is 2. The molecule has 1 aliphatic carbocycles. The standard InChI is InChI=1S/C24H26N4O2.C2H6.2H2/c29-23(17-9-10-19-8-4-5-13-27(19)14-17)25-12-11-20-21-15-28(16-22(20)21)24(30)26-18-6-2-1-3-7-18;1-2;;/h1-10,13-14,19-22H,11-12,15-16H2,(H,25,29)(H,26,30);1-2H3;2*1H/t19?,20?,21-,22+;;;. The lowest BCUT2D eigenvalue weighted by molar-refractivity contribution is -0.117. The highest BCUT2D eigenvalue weighted by Crippen LogP contribution is 2.53. The number of anilines is 1. The Morgan fingerprint density at radius 3 is 2.56 bits per heavy atom. The Labute approximate surface area is 193 Å². The molecule has 6 heteroatoms. The lowest BCUT2D eigenvalue weighted by Crippen LogP contribution is -2.35. The van der Waals surface area contributed by atoms with Crippen LogP contribution in [0.25, 0.3) is 0 Å². The minimum absolute atomic E-state index is 0. The normalized spacial score (nSPS) is 26.4. The third-order valence-corrected chi connectivity index (χ3v) is 6.49. The summed E-state index contributed by atoms with van der Waals surface area (Å²) < 4.78 is 0. The Kier molecular flexibility index (Phi) is 6.78. The molecule has 3 aliphatic heterocycles. The molecule has 0 aromatic heterocycles. The second-order valence-corrected chi connectivity index (χ2v) is 8.35. The van der Waals surface area contributed by atoms with Gasteiger partial charge in [-0.3, -0.25) is 4.79 Å². The number of rotatable bonds is 5. The molecule has 32 heavy (non-hydrogen) atoms. The molecule has 172 valence electrons. The molecule has 2 unspecified atom stereocenters. The van der Waals surface area contributed by atoms with E-state index in [2.05, 4.69) is 16.7 Å². The summed E-state index contributed by atoms with van der Waals surface area (Å²) in [7, 11) is 0. The van der Waals surface area contributed by atoms with Crippen LogP contribution in [0.3, 0.4) is 0 Å². The van der Waals surface area contributed by atoms with Crippen molar-refractivity contribution in [1.29, 1.82) is 0 Å². The first-order chi connectivity index (χ1) is 15.7. The largest absolute Gasteiger partial charge is 0.352 e. The lowest BCUT2D eigenvalue weighted by Gasteiger charge is -2.28. The van der Waals surface area contributed by atoms with Gasteiger partial charge >= 0.3 is 6.03 Å². The molecule has 1 saturated heterocycles. The quantitative estimate of drug-likeness (QED) is 0.707. The van der Waals surface area contributed by atoms with Crippen LogP contribution < -0.4 is 10.6 Å². The molecule has 4 atom stereocenters. The summed E-state index contributed by atoms with van der Waals surface area (Å²) in [4.78, 5) is 28.8. The number of allylic oxidation sites excluding steroid dienone is 2. The molecule has 3 heterocycles. The van der Waals surface area contributed by atoms with Crippen molar-refractivity contribution in [3.63, 3.8) is 0 Å². The number of amides is 3. The number of piperidine rings is 1. The first-order valence-electron chi connectivity index (χ1n) is 11.6. The van der Waals surface area contributed by atoms with Crippen molar-refractivity contribution < 1.29 is 12.4 Å². The van der Waals surface area contributed by atoms with Crippen molar-refractivity contribution in [2.45, 2.75) is 26.3 Å². The molecular weight excluding hydrogens is 400 g/mol. The Morgan fingerprint density at radius 2 is 1.81 bits per heavy atom. The summed E-state index contributed by atoms with van der Waals surface area (Å²) in [5, 5.41) is 6.01. The number of fused-ring (bicyclic) bond motifs is 2. The van der Waals surface area contributed by atoms with Crippen LogP contribution >= 0.6 is 0 Å². The summed E-state index contributed by atoms with van der Waals surface area (Å²) in [6, 6.07) is 9.75. The molecule has 2 N–H and O–H groups in total. The van der Waals surface area contributed by atoms with Crippen molar-refractivity contribution in [1.82, 2.24) is 15.1 Å². The van der Waals surface area contributed by atoms with Gasteiger partial charge < -0.3 is 20.4 Å². The zero-order chi connectivity index (χ0) is 22.5. The van der Waals surface area contributed by atoms with Crippen molar-refractivity contribution in [3.8, 4) is 0 Å². The van der Waals surface area contributed by atoms with E-state index < -0.39 is 0 Å². The van der Waals surface area contributed by atoms with Gasteiger partial charge in [-0.15, -0.1) is 0 Å². The first-order valence-corrected chi connectivity index (χ1v) is 11.6. The number of para-hydroxylation sites is 1. The zero-order valence-electron chi connectivity index (χ0n) is 18.8. The molecule has 2 fully saturated rings. The Balaban J connectivity index is 0.000000995. The monoisotopic (exact) mass is 436 g/mol. The number of hydrogen-bond donors (Lipinski definition) is 2. The predicted octanol–water partition coefficient (Wildman–Crippen LogP) is 4.63. The second kappa shape index (κ2) is 9.90. The lowest BCUT2D eigenvalue weighted by atomic mass is 10.1. The molecule has 3 amide bonds. The molecule has 6 nitrogen and oxygen atoms in total. The number of carbonyl (C=O) groups is 2. The Morgan fingerprint density at radius 1 is 1.06 bits per heavy atom. The van der Waals surface area contributed by atoms with Gasteiger partial charge in [-0.1, -0.05) is 50.3 Å². The molecule has 0 spiro atoms. The van der Waals surface area contributed by atoms with Gasteiger partial charge in [0.2, 0.25) is 0 Å². The smallest absolute Gasteiger partial charge is 0.321 e. The Hall–Kier alpha value is -3.28. The van der Waals surface area contributed by atoms with E-state index >= 15 is 0 Å². The average molecular weight is 437 g/mol. The van der Waals surface area contributed by atoms with E-state index in [9.17, 15) is 9.59 Å². The maximum atomic E-state index is 12.5. The van der Waals surface area contributed by atoms with Crippen molar-refractivity contribution >= 4 is 17.6 Å². The van der Waals surface area contributed by atoms with Crippen molar-refractivity contribution in [2.24, 2.45) is 17.8 Å². The van der Waals surface area contributed by atoms with Crippen LogP contribution in [0.2, 0.25) is 0 Å². The van der Waals surface area contributed by atoms with Gasteiger partial charge in [0.1, 0.15) is 0 Å². The fourth-order valence-electron chi connectivity index (χ4n) is 4.78. The molecule has 5 rings (SSSR count). The third kappa shape index (κ3) is 4.79. The van der Waals surface area contributed by atoms with E-state index in [0.29, 0.717) is 29.9 Å². The fourth-order valence-corrected chi connectivity index (χ4v) is 4.78. The molecule has 1 saturated carbocycles. The average Bonchev–Trinajstić information content (AvgIpc) is 3.28. The molecule has 4 aliphatic rings. The van der Waals surface area contributed by atoms with E-state index in [-0.39, 0.29) is 20.8 Å². The van der Waals surface area contributed by atoms with Crippen LogP contribution in [0.4, 0.5) is 10.5 Å². The second-order valence-electron chi connectivity index (χ2n) is 8.35. The number of carbonyl (C=O) groups excluding carboxylic acids is 2. The van der Waals surface area contributed by atoms with Crippen molar-refractivity contribution in [2.75, 3.05) is 25.0 Å². The molecule has 0 bridgehead atoms. The maximum absolute atomic E-state index is 12.5. The first kappa shape index (κ1) is 21.9. The van der Waals surface area contributed by atoms with Crippen molar-refractivity contribution in [3.05, 3.63) is 78.7 Å². The topological polar surface area (TPSA) is 64.7 Å². The molecule has 0 radical (unpaired) electrons. The number of nitrogens with zero attached hydrogens (tertiary/aromatic N) is 2. The van der Waals surface area contributed by atoms with Gasteiger partial charge in [-0.05, 0) is 48.5 Å². The minimum Gasteiger partial charge on any atom is -0.352 e. The number of hydrogen-bond acceptors (Lipinski definition) is 3. The van der Waals surface area contributed by atoms with E-state index in [1.165, 1.54) is 0 Å². The van der Waals surface area contributed by atoms with Crippen LogP contribution in [0.1, 0.15) is 23.1 Å². The number of urea groups is 1. The minimum atomic E-state index is -0.0256. The Bertz CT molecular complexity index is 949. The van der Waals surface area contributed by atoms with Crippen LogP contribution in [-0.2, 0) is 4.79 Å². The highest BCUT2D eigenvalue weighted by molar-refractivity contribution is 5.96. The molecule has 1 aromatic carbocycles. The maximum Gasteiger partial charge on any atom is 0.321 e. The van der Waals surface area contributed by atoms with Gasteiger partial charge in [0.05, 0.1) is 11.6 Å². The fraction of sp³-hybridized carbons (Fsp3) is 0.385. The molecule has 1 aromatic rings. The van der Waals surface area contributed by atoms with Gasteiger partial charge in [0.25, 0.3) is 5.91 Å². The number of likely N-dealkylation sites (tertiary alicyclic amines) is 1. The van der Waals surface area contributed by atoms with Gasteiger partial charge in [-0.2, -0.15) is 0 Å². The summed E-state index contributed by atoms with van der Waals surface area (Å²) in [6.45, 7) is 6.30. The SMILES string of the molecule is CC.O=C(NCCC1[C@H]2CN(C(=O)Nc3ccccc3)C[C@@H]12)C1=CN2C=CC=CC2C=C1.[HH].[HH]. The number of benzene rings is 1. The molecular formula is C26H36N4O2. The third-order valence-electron chi connectivity index (χ3n) is 6.49. The van der Waals surface area contributed by atoms with E-state index in [1.54, 1.807) is 0 Å². The van der Waals surface area contributed by atoms with E-state index in [1.807, 2.05) is 90.7 Å². The summed E-state index contributed by atoms with van der Waals surface area (Å²) in [5.41, 5.74) is 1.52. The van der Waals surface area contributed by atoms with Crippen LogP contribution in [0.15, 0.2) is 78.7 Å². The summed E-state index contributed by atoms with van der Waals surface area (Å²) >= 11 is 0. The highest BCUT2D eigenvalue weighted by Gasteiger charge is 2.55. The summed E-state index contributed by atoms with van der Waals surface area (Å²) in [6.07, 6.45) is 14.9. The predicted molar refractivity (Wildman–Crippen MR) is 132 cm³/mol. The van der Waals surface area contributed by atoms with E-state index in [4.69, 9.17) is 0 Å². The van der Waals surface area contributed by atoms with Gasteiger partial charge in [0.15, 0.2) is 0 Å². The van der Waals surface area contributed by atoms with Crippen LogP contribution in [0, 0.1) is 17.8 Å². The van der Waals surface area contributed by atoms with Crippen LogP contribution in [0.5, 0.6) is 0 Å². The van der Waals surface area contributed by atoms with Gasteiger partial charge in [-0.25, -0.2) is 4.79 Å². The highest BCUT2D eigenvalue weighted by atomic mass is 16.2. The zero-order valence-corrected chi connectivity index (χ0v) is 18.8. The summed E-state index contributed by atoms with van der Waals surface area (Å²) in [5.74, 6) is 1.73. The van der Waals surface area contributed by atoms with Gasteiger partial charge in [0, 0.05) is 40.6 Å². The van der Waals surface area contributed by atoms with Crippen LogP contribution in [-0.4, -0.2) is 47.4 Å². The van der Waals surface area contributed by atoms with E-state index in [0.717, 1.165) is 25.2 Å².